The van der Waals surface area contributed by atoms with Crippen molar-refractivity contribution < 1.29 is 14.3 Å². The van der Waals surface area contributed by atoms with Crippen LogP contribution in [-0.2, 0) is 10.2 Å². The lowest BCUT2D eigenvalue weighted by Gasteiger charge is -2.22. The minimum absolute atomic E-state index is 0.000945. The standard InChI is InChI=1S/C17H16N2O3S/c1-22-11-4-5-13-12(9-11)17(16(21)18-13)6-7-19(10-17)15(20)14-3-2-8-23-14/h2-5,8-9H,6-7,10H2,1H3,(H,18,21)/t17-/m0/s1. The highest BCUT2D eigenvalue weighted by atomic mass is 32.1. The molecule has 2 aliphatic rings. The Morgan fingerprint density at radius 1 is 1.39 bits per heavy atom. The Hall–Kier alpha value is -2.34. The number of hydrogen-bond acceptors (Lipinski definition) is 4. The molecule has 1 saturated heterocycles. The number of anilines is 1. The summed E-state index contributed by atoms with van der Waals surface area (Å²) in [6.07, 6.45) is 0.635. The van der Waals surface area contributed by atoms with Crippen LogP contribution in [0, 0.1) is 0 Å². The minimum Gasteiger partial charge on any atom is -0.497 e. The van der Waals surface area contributed by atoms with Crippen molar-refractivity contribution in [3.63, 3.8) is 0 Å². The number of ether oxygens (including phenoxy) is 1. The Morgan fingerprint density at radius 2 is 2.26 bits per heavy atom. The molecule has 3 heterocycles. The van der Waals surface area contributed by atoms with Gasteiger partial charge < -0.3 is 15.0 Å². The number of nitrogens with one attached hydrogen (secondary N) is 1. The third kappa shape index (κ3) is 2.05. The average molecular weight is 328 g/mol. The molecule has 6 heteroatoms. The fourth-order valence-electron chi connectivity index (χ4n) is 3.46. The summed E-state index contributed by atoms with van der Waals surface area (Å²) in [4.78, 5) is 27.7. The number of fused-ring (bicyclic) bond motifs is 2. The number of nitrogens with zero attached hydrogens (tertiary/aromatic N) is 1. The highest BCUT2D eigenvalue weighted by molar-refractivity contribution is 7.12. The summed E-state index contributed by atoms with van der Waals surface area (Å²) < 4.78 is 5.29. The molecule has 1 fully saturated rings. The Balaban J connectivity index is 1.68. The predicted octanol–water partition coefficient (Wildman–Crippen LogP) is 2.49. The summed E-state index contributed by atoms with van der Waals surface area (Å²) in [6, 6.07) is 9.30. The number of likely N-dealkylation sites (tertiary alicyclic amines) is 1. The van der Waals surface area contributed by atoms with Gasteiger partial charge in [-0.1, -0.05) is 6.07 Å². The Bertz CT molecular complexity index is 787. The van der Waals surface area contributed by atoms with Gasteiger partial charge in [0.25, 0.3) is 5.91 Å². The van der Waals surface area contributed by atoms with Crippen LogP contribution in [0.15, 0.2) is 35.7 Å². The van der Waals surface area contributed by atoms with Gasteiger partial charge >= 0.3 is 0 Å². The molecule has 1 aromatic heterocycles. The first-order chi connectivity index (χ1) is 11.1. The third-order valence-electron chi connectivity index (χ3n) is 4.71. The quantitative estimate of drug-likeness (QED) is 0.921. The number of carbonyl (C=O) groups excluding carboxylic acids is 2. The molecular formula is C17H16N2O3S. The molecule has 4 rings (SSSR count). The molecule has 118 valence electrons. The molecule has 2 amide bonds. The number of thiophene rings is 1. The molecule has 1 aromatic carbocycles. The number of methoxy groups -OCH3 is 1. The number of rotatable bonds is 2. The van der Waals surface area contributed by atoms with Gasteiger partial charge in [-0.15, -0.1) is 11.3 Å². The third-order valence-corrected chi connectivity index (χ3v) is 5.57. The molecule has 0 saturated carbocycles. The van der Waals surface area contributed by atoms with E-state index in [4.69, 9.17) is 4.74 Å². The van der Waals surface area contributed by atoms with Crippen LogP contribution in [0.3, 0.4) is 0 Å². The predicted molar refractivity (Wildman–Crippen MR) is 88.1 cm³/mol. The van der Waals surface area contributed by atoms with Crippen molar-refractivity contribution in [1.29, 1.82) is 0 Å². The first kappa shape index (κ1) is 14.3. The van der Waals surface area contributed by atoms with Crippen molar-refractivity contribution in [2.24, 2.45) is 0 Å². The lowest BCUT2D eigenvalue weighted by atomic mass is 9.81. The Kier molecular flexibility index (Phi) is 3.16. The van der Waals surface area contributed by atoms with Crippen LogP contribution in [0.1, 0.15) is 21.7 Å². The summed E-state index contributed by atoms with van der Waals surface area (Å²) in [5.74, 6) is 0.700. The van der Waals surface area contributed by atoms with Crippen molar-refractivity contribution >= 4 is 28.8 Å². The van der Waals surface area contributed by atoms with Gasteiger partial charge in [0.15, 0.2) is 0 Å². The van der Waals surface area contributed by atoms with Gasteiger partial charge in [0.1, 0.15) is 5.75 Å². The van der Waals surface area contributed by atoms with Crippen LogP contribution in [0.4, 0.5) is 5.69 Å². The summed E-state index contributed by atoms with van der Waals surface area (Å²) in [5.41, 5.74) is 1.10. The highest BCUT2D eigenvalue weighted by Crippen LogP contribution is 2.45. The molecule has 0 radical (unpaired) electrons. The minimum atomic E-state index is -0.656. The Labute approximate surface area is 137 Å². The molecule has 1 atom stereocenters. The Morgan fingerprint density at radius 3 is 3.00 bits per heavy atom. The lowest BCUT2D eigenvalue weighted by Crippen LogP contribution is -2.39. The van der Waals surface area contributed by atoms with Crippen molar-refractivity contribution in [2.45, 2.75) is 11.8 Å². The second kappa shape index (κ2) is 5.09. The van der Waals surface area contributed by atoms with Crippen LogP contribution in [0.2, 0.25) is 0 Å². The SMILES string of the molecule is COc1ccc2c(c1)[C@@]1(CCN(C(=O)c3cccs3)C1)C(=O)N2. The van der Waals surface area contributed by atoms with E-state index >= 15 is 0 Å². The highest BCUT2D eigenvalue weighted by Gasteiger charge is 2.52. The van der Waals surface area contributed by atoms with Gasteiger partial charge in [-0.05, 0) is 41.6 Å². The molecule has 5 nitrogen and oxygen atoms in total. The van der Waals surface area contributed by atoms with Gasteiger partial charge in [0, 0.05) is 18.8 Å². The zero-order valence-corrected chi connectivity index (χ0v) is 13.5. The van der Waals surface area contributed by atoms with E-state index in [1.807, 2.05) is 35.7 Å². The van der Waals surface area contributed by atoms with E-state index in [2.05, 4.69) is 5.32 Å². The average Bonchev–Trinajstić information content (AvgIpc) is 3.29. The normalized spacial score (nSPS) is 22.3. The van der Waals surface area contributed by atoms with Crippen LogP contribution >= 0.6 is 11.3 Å². The van der Waals surface area contributed by atoms with E-state index in [-0.39, 0.29) is 11.8 Å². The molecule has 1 N–H and O–H groups in total. The van der Waals surface area contributed by atoms with E-state index < -0.39 is 5.41 Å². The number of carbonyl (C=O) groups is 2. The zero-order chi connectivity index (χ0) is 16.0. The summed E-state index contributed by atoms with van der Waals surface area (Å²) in [5, 5.41) is 4.84. The zero-order valence-electron chi connectivity index (χ0n) is 12.7. The van der Waals surface area contributed by atoms with Crippen molar-refractivity contribution in [1.82, 2.24) is 4.90 Å². The number of amides is 2. The van der Waals surface area contributed by atoms with E-state index in [0.717, 1.165) is 17.0 Å². The monoisotopic (exact) mass is 328 g/mol. The van der Waals surface area contributed by atoms with Gasteiger partial charge in [0.05, 0.1) is 17.4 Å². The van der Waals surface area contributed by atoms with Crippen LogP contribution in [0.25, 0.3) is 0 Å². The van der Waals surface area contributed by atoms with Crippen LogP contribution < -0.4 is 10.1 Å². The molecule has 1 spiro atoms. The second-order valence-electron chi connectivity index (χ2n) is 5.90. The van der Waals surface area contributed by atoms with E-state index in [1.165, 1.54) is 11.3 Å². The van der Waals surface area contributed by atoms with Crippen molar-refractivity contribution in [3.05, 3.63) is 46.2 Å². The molecule has 2 aliphatic heterocycles. The van der Waals surface area contributed by atoms with Gasteiger partial charge in [-0.2, -0.15) is 0 Å². The molecule has 0 unspecified atom stereocenters. The topological polar surface area (TPSA) is 58.6 Å². The van der Waals surface area contributed by atoms with E-state index in [1.54, 1.807) is 12.0 Å². The lowest BCUT2D eigenvalue weighted by molar-refractivity contribution is -0.120. The largest absolute Gasteiger partial charge is 0.497 e. The molecule has 0 bridgehead atoms. The maximum atomic E-state index is 12.6. The van der Waals surface area contributed by atoms with E-state index in [9.17, 15) is 9.59 Å². The van der Waals surface area contributed by atoms with Crippen molar-refractivity contribution in [2.75, 3.05) is 25.5 Å². The smallest absolute Gasteiger partial charge is 0.263 e. The summed E-state index contributed by atoms with van der Waals surface area (Å²) in [7, 11) is 1.61. The van der Waals surface area contributed by atoms with Crippen LogP contribution in [0.5, 0.6) is 5.75 Å². The molecular weight excluding hydrogens is 312 g/mol. The molecule has 0 aliphatic carbocycles. The number of benzene rings is 1. The second-order valence-corrected chi connectivity index (χ2v) is 6.85. The summed E-state index contributed by atoms with van der Waals surface area (Å²) >= 11 is 1.43. The first-order valence-electron chi connectivity index (χ1n) is 7.47. The fourth-order valence-corrected chi connectivity index (χ4v) is 4.15. The van der Waals surface area contributed by atoms with Crippen molar-refractivity contribution in [3.8, 4) is 5.75 Å². The van der Waals surface area contributed by atoms with Crippen LogP contribution in [-0.4, -0.2) is 36.9 Å². The maximum Gasteiger partial charge on any atom is 0.263 e. The first-order valence-corrected chi connectivity index (χ1v) is 8.35. The number of hydrogen-bond donors (Lipinski definition) is 1. The summed E-state index contributed by atoms with van der Waals surface area (Å²) in [6.45, 7) is 0.997. The van der Waals surface area contributed by atoms with E-state index in [0.29, 0.717) is 24.4 Å². The van der Waals surface area contributed by atoms with Gasteiger partial charge in [0.2, 0.25) is 5.91 Å². The fraction of sp³-hybridized carbons (Fsp3) is 0.294. The molecule has 2 aromatic rings. The van der Waals surface area contributed by atoms with Gasteiger partial charge in [-0.3, -0.25) is 9.59 Å². The van der Waals surface area contributed by atoms with Gasteiger partial charge in [-0.25, -0.2) is 0 Å². The maximum absolute atomic E-state index is 12.6. The molecule has 23 heavy (non-hydrogen) atoms.